The molecule has 0 spiro atoms. The maximum absolute atomic E-state index is 12.4. The highest BCUT2D eigenvalue weighted by Gasteiger charge is 2.31. The number of aromatic nitrogens is 1. The first kappa shape index (κ1) is 15.9. The SMILES string of the molecule is CC(Br)C(C)(C)NC(=O)c1ccc(C(F)(F)F)cn1. The number of hydrogen-bond acceptors (Lipinski definition) is 2. The fraction of sp³-hybridized carbons (Fsp3) is 0.500. The molecule has 0 aliphatic heterocycles. The lowest BCUT2D eigenvalue weighted by Crippen LogP contribution is -2.49. The van der Waals surface area contributed by atoms with E-state index in [2.05, 4.69) is 26.2 Å². The van der Waals surface area contributed by atoms with Gasteiger partial charge in [-0.05, 0) is 26.0 Å². The van der Waals surface area contributed by atoms with E-state index in [1.165, 1.54) is 0 Å². The summed E-state index contributed by atoms with van der Waals surface area (Å²) in [7, 11) is 0. The van der Waals surface area contributed by atoms with Crippen molar-refractivity contribution < 1.29 is 18.0 Å². The first-order valence-corrected chi connectivity index (χ1v) is 6.45. The van der Waals surface area contributed by atoms with Gasteiger partial charge in [-0.1, -0.05) is 22.9 Å². The van der Waals surface area contributed by atoms with Gasteiger partial charge in [0.15, 0.2) is 0 Å². The summed E-state index contributed by atoms with van der Waals surface area (Å²) in [5.41, 5.74) is -1.46. The van der Waals surface area contributed by atoms with E-state index in [1.807, 2.05) is 6.92 Å². The van der Waals surface area contributed by atoms with Gasteiger partial charge in [-0.25, -0.2) is 0 Å². The molecule has 0 saturated carbocycles. The molecule has 1 atom stereocenters. The molecule has 0 bridgehead atoms. The molecule has 0 saturated heterocycles. The molecule has 1 N–H and O–H groups in total. The number of hydrogen-bond donors (Lipinski definition) is 1. The first-order valence-electron chi connectivity index (χ1n) is 5.54. The molecule has 0 radical (unpaired) electrons. The number of nitrogens with zero attached hydrogens (tertiary/aromatic N) is 1. The van der Waals surface area contributed by atoms with Crippen LogP contribution in [0.2, 0.25) is 0 Å². The minimum absolute atomic E-state index is 0.00148. The van der Waals surface area contributed by atoms with E-state index in [9.17, 15) is 18.0 Å². The van der Waals surface area contributed by atoms with Gasteiger partial charge in [0.2, 0.25) is 0 Å². The molecule has 7 heteroatoms. The topological polar surface area (TPSA) is 42.0 Å². The predicted octanol–water partition coefficient (Wildman–Crippen LogP) is 3.39. The van der Waals surface area contributed by atoms with Crippen molar-refractivity contribution in [1.29, 1.82) is 0 Å². The summed E-state index contributed by atoms with van der Waals surface area (Å²) in [4.78, 5) is 15.4. The predicted molar refractivity (Wildman–Crippen MR) is 69.2 cm³/mol. The summed E-state index contributed by atoms with van der Waals surface area (Å²) in [5.74, 6) is -0.509. The number of nitrogens with one attached hydrogen (secondary N) is 1. The molecule has 0 aliphatic rings. The van der Waals surface area contributed by atoms with Gasteiger partial charge < -0.3 is 5.32 Å². The van der Waals surface area contributed by atoms with Crippen molar-refractivity contribution in [2.75, 3.05) is 0 Å². The highest BCUT2D eigenvalue weighted by Crippen LogP contribution is 2.28. The van der Waals surface area contributed by atoms with E-state index in [0.717, 1.165) is 12.1 Å². The molecule has 0 aromatic carbocycles. The number of rotatable bonds is 3. The zero-order valence-corrected chi connectivity index (χ0v) is 12.3. The maximum atomic E-state index is 12.4. The zero-order chi connectivity index (χ0) is 14.8. The van der Waals surface area contributed by atoms with Crippen LogP contribution in [0, 0.1) is 0 Å². The van der Waals surface area contributed by atoms with E-state index < -0.39 is 23.2 Å². The molecule has 1 unspecified atom stereocenters. The average molecular weight is 339 g/mol. The quantitative estimate of drug-likeness (QED) is 0.858. The normalized spacial score (nSPS) is 14.1. The Bertz CT molecular complexity index is 455. The van der Waals surface area contributed by atoms with Crippen LogP contribution in [0.3, 0.4) is 0 Å². The summed E-state index contributed by atoms with van der Waals surface area (Å²) in [6.07, 6.45) is -3.80. The van der Waals surface area contributed by atoms with Crippen molar-refractivity contribution in [3.63, 3.8) is 0 Å². The van der Waals surface area contributed by atoms with Crippen molar-refractivity contribution in [2.24, 2.45) is 0 Å². The van der Waals surface area contributed by atoms with Crippen molar-refractivity contribution in [2.45, 2.75) is 37.3 Å². The van der Waals surface area contributed by atoms with E-state index >= 15 is 0 Å². The fourth-order valence-electron chi connectivity index (χ4n) is 1.15. The molecule has 1 heterocycles. The van der Waals surface area contributed by atoms with Crippen LogP contribution in [0.1, 0.15) is 36.8 Å². The lowest BCUT2D eigenvalue weighted by atomic mass is 10.0. The number of alkyl halides is 4. The molecule has 19 heavy (non-hydrogen) atoms. The molecule has 0 fully saturated rings. The second-order valence-corrected chi connectivity index (χ2v) is 6.10. The summed E-state index contributed by atoms with van der Waals surface area (Å²) in [6.45, 7) is 5.46. The Morgan fingerprint density at radius 3 is 2.32 bits per heavy atom. The summed E-state index contributed by atoms with van der Waals surface area (Å²) < 4.78 is 37.1. The Kier molecular flexibility index (Phi) is 4.60. The van der Waals surface area contributed by atoms with Crippen LogP contribution in [-0.4, -0.2) is 21.3 Å². The molecule has 0 aliphatic carbocycles. The van der Waals surface area contributed by atoms with Crippen LogP contribution in [0.25, 0.3) is 0 Å². The van der Waals surface area contributed by atoms with Crippen molar-refractivity contribution in [3.05, 3.63) is 29.6 Å². The molecule has 106 valence electrons. The zero-order valence-electron chi connectivity index (χ0n) is 10.7. The number of pyridine rings is 1. The smallest absolute Gasteiger partial charge is 0.345 e. The van der Waals surface area contributed by atoms with Gasteiger partial charge >= 0.3 is 6.18 Å². The van der Waals surface area contributed by atoms with Gasteiger partial charge in [0.25, 0.3) is 5.91 Å². The second-order valence-electron chi connectivity index (χ2n) is 4.72. The molecular formula is C12H14BrF3N2O. The molecule has 1 aromatic rings. The standard InChI is InChI=1S/C12H14BrF3N2O/c1-7(13)11(2,3)18-10(19)9-5-4-8(6-17-9)12(14,15)16/h4-7H,1-3H3,(H,18,19). The third-order valence-corrected chi connectivity index (χ3v) is 3.90. The fourth-order valence-corrected chi connectivity index (χ4v) is 1.27. The van der Waals surface area contributed by atoms with Gasteiger partial charge in [-0.2, -0.15) is 13.2 Å². The highest BCUT2D eigenvalue weighted by atomic mass is 79.9. The number of halogens is 4. The number of carbonyl (C=O) groups excluding carboxylic acids is 1. The van der Waals surface area contributed by atoms with Crippen LogP contribution in [0.4, 0.5) is 13.2 Å². The highest BCUT2D eigenvalue weighted by molar-refractivity contribution is 9.09. The van der Waals surface area contributed by atoms with Crippen LogP contribution in [0.15, 0.2) is 18.3 Å². The van der Waals surface area contributed by atoms with E-state index in [0.29, 0.717) is 6.20 Å². The molecule has 3 nitrogen and oxygen atoms in total. The van der Waals surface area contributed by atoms with Crippen LogP contribution in [-0.2, 0) is 6.18 Å². The van der Waals surface area contributed by atoms with Crippen molar-refractivity contribution in [3.8, 4) is 0 Å². The van der Waals surface area contributed by atoms with Gasteiger partial charge in [0, 0.05) is 16.6 Å². The average Bonchev–Trinajstić information content (AvgIpc) is 2.27. The van der Waals surface area contributed by atoms with Crippen LogP contribution < -0.4 is 5.32 Å². The van der Waals surface area contributed by atoms with Gasteiger partial charge in [0.05, 0.1) is 5.56 Å². The largest absolute Gasteiger partial charge is 0.417 e. The van der Waals surface area contributed by atoms with Crippen molar-refractivity contribution in [1.82, 2.24) is 10.3 Å². The van der Waals surface area contributed by atoms with E-state index in [-0.39, 0.29) is 10.5 Å². The summed E-state index contributed by atoms with van der Waals surface area (Å²) in [6, 6.07) is 1.90. The minimum atomic E-state index is -4.45. The third-order valence-electron chi connectivity index (χ3n) is 2.75. The molecular weight excluding hydrogens is 325 g/mol. The minimum Gasteiger partial charge on any atom is -0.345 e. The first-order chi connectivity index (χ1) is 8.54. The van der Waals surface area contributed by atoms with Crippen LogP contribution >= 0.6 is 15.9 Å². The third kappa shape index (κ3) is 4.19. The maximum Gasteiger partial charge on any atom is 0.417 e. The monoisotopic (exact) mass is 338 g/mol. The lowest BCUT2D eigenvalue weighted by Gasteiger charge is -2.29. The number of carbonyl (C=O) groups is 1. The Hall–Kier alpha value is -1.11. The Morgan fingerprint density at radius 2 is 1.95 bits per heavy atom. The van der Waals surface area contributed by atoms with Crippen LogP contribution in [0.5, 0.6) is 0 Å². The number of amides is 1. The molecule has 1 rings (SSSR count). The molecule has 1 amide bonds. The van der Waals surface area contributed by atoms with Crippen molar-refractivity contribution >= 4 is 21.8 Å². The van der Waals surface area contributed by atoms with E-state index in [4.69, 9.17) is 0 Å². The lowest BCUT2D eigenvalue weighted by molar-refractivity contribution is -0.137. The Labute approximate surface area is 117 Å². The summed E-state index contributed by atoms with van der Waals surface area (Å²) in [5, 5.41) is 2.70. The summed E-state index contributed by atoms with van der Waals surface area (Å²) >= 11 is 3.35. The van der Waals surface area contributed by atoms with E-state index in [1.54, 1.807) is 13.8 Å². The Balaban J connectivity index is 2.85. The molecule has 1 aromatic heterocycles. The second kappa shape index (κ2) is 5.48. The van der Waals surface area contributed by atoms with Gasteiger partial charge in [-0.3, -0.25) is 9.78 Å². The van der Waals surface area contributed by atoms with Gasteiger partial charge in [-0.15, -0.1) is 0 Å². The van der Waals surface area contributed by atoms with Gasteiger partial charge in [0.1, 0.15) is 5.69 Å². The Morgan fingerprint density at radius 1 is 1.37 bits per heavy atom.